The van der Waals surface area contributed by atoms with E-state index in [0.29, 0.717) is 18.7 Å². The molecular weight excluding hydrogens is 414 g/mol. The Labute approximate surface area is 187 Å². The minimum absolute atomic E-state index is 0.111. The molecule has 3 rings (SSSR count). The van der Waals surface area contributed by atoms with Crippen LogP contribution in [-0.4, -0.2) is 17.7 Å². The molecule has 6 heteroatoms. The van der Waals surface area contributed by atoms with Crippen molar-refractivity contribution in [3.8, 4) is 5.75 Å². The van der Waals surface area contributed by atoms with Gasteiger partial charge >= 0.3 is 0 Å². The zero-order valence-electron chi connectivity index (χ0n) is 17.7. The van der Waals surface area contributed by atoms with E-state index in [1.165, 1.54) is 11.1 Å². The van der Waals surface area contributed by atoms with E-state index >= 15 is 0 Å². The summed E-state index contributed by atoms with van der Waals surface area (Å²) in [5.74, 6) is 1.15. The fourth-order valence-corrected chi connectivity index (χ4v) is 3.37. The first-order valence-corrected chi connectivity index (χ1v) is 10.6. The number of amides is 1. The van der Waals surface area contributed by atoms with E-state index in [9.17, 15) is 9.59 Å². The van der Waals surface area contributed by atoms with Crippen LogP contribution in [0, 0.1) is 0 Å². The number of hydrogen-bond donors (Lipinski definition) is 1. The van der Waals surface area contributed by atoms with E-state index in [0.717, 1.165) is 5.75 Å². The highest BCUT2D eigenvalue weighted by Crippen LogP contribution is 2.32. The van der Waals surface area contributed by atoms with E-state index in [2.05, 4.69) is 43.4 Å². The van der Waals surface area contributed by atoms with Crippen molar-refractivity contribution in [1.29, 1.82) is 0 Å². The van der Waals surface area contributed by atoms with Crippen LogP contribution in [0.5, 0.6) is 5.75 Å². The first kappa shape index (κ1) is 22.6. The van der Waals surface area contributed by atoms with Crippen LogP contribution >= 0.6 is 11.6 Å². The van der Waals surface area contributed by atoms with Crippen molar-refractivity contribution in [2.45, 2.75) is 38.7 Å². The Morgan fingerprint density at radius 3 is 2.32 bits per heavy atom. The van der Waals surface area contributed by atoms with Crippen molar-refractivity contribution < 1.29 is 18.7 Å². The molecule has 1 heterocycles. The maximum atomic E-state index is 12.1. The van der Waals surface area contributed by atoms with Crippen LogP contribution in [0.2, 0.25) is 0 Å². The SMILES string of the molecule is CC(C)(c1ccccc1)c1ccc(OCc2ccc(C(=O)NCCCC(=O)Cl)o2)cc1. The second-order valence-electron chi connectivity index (χ2n) is 7.78. The van der Waals surface area contributed by atoms with Crippen LogP contribution in [0.4, 0.5) is 0 Å². The van der Waals surface area contributed by atoms with Gasteiger partial charge in [0, 0.05) is 18.4 Å². The standard InChI is InChI=1S/C25H26ClNO4/c1-25(2,18-7-4-3-5-8-18)19-10-12-20(13-11-19)30-17-21-14-15-22(31-21)24(29)27-16-6-9-23(26)28/h3-5,7-8,10-15H,6,9,16-17H2,1-2H3,(H,27,29). The van der Waals surface area contributed by atoms with Crippen LogP contribution in [0.3, 0.4) is 0 Å². The molecule has 0 spiro atoms. The lowest BCUT2D eigenvalue weighted by atomic mass is 9.78. The lowest BCUT2D eigenvalue weighted by Gasteiger charge is -2.26. The third kappa shape index (κ3) is 6.22. The Balaban J connectivity index is 1.53. The van der Waals surface area contributed by atoms with Crippen molar-refractivity contribution in [3.05, 3.63) is 89.4 Å². The first-order valence-electron chi connectivity index (χ1n) is 10.2. The minimum Gasteiger partial charge on any atom is -0.486 e. The number of furan rings is 1. The molecule has 31 heavy (non-hydrogen) atoms. The minimum atomic E-state index is -0.414. The van der Waals surface area contributed by atoms with Crippen molar-refractivity contribution in [2.24, 2.45) is 0 Å². The summed E-state index contributed by atoms with van der Waals surface area (Å²) in [6.07, 6.45) is 0.711. The molecule has 0 fully saturated rings. The highest BCUT2D eigenvalue weighted by atomic mass is 35.5. The molecule has 0 aliphatic heterocycles. The Kier molecular flexibility index (Phi) is 7.53. The quantitative estimate of drug-likeness (QED) is 0.336. The predicted octanol–water partition coefficient (Wildman–Crippen LogP) is 5.46. The molecule has 0 atom stereocenters. The summed E-state index contributed by atoms with van der Waals surface area (Å²) in [6, 6.07) is 21.7. The third-order valence-corrected chi connectivity index (χ3v) is 5.36. The van der Waals surface area contributed by atoms with Crippen LogP contribution in [0.15, 0.2) is 71.1 Å². The van der Waals surface area contributed by atoms with Gasteiger partial charge in [-0.25, -0.2) is 0 Å². The van der Waals surface area contributed by atoms with E-state index in [-0.39, 0.29) is 30.1 Å². The lowest BCUT2D eigenvalue weighted by molar-refractivity contribution is -0.111. The van der Waals surface area contributed by atoms with Gasteiger partial charge in [-0.15, -0.1) is 0 Å². The van der Waals surface area contributed by atoms with Crippen molar-refractivity contribution in [1.82, 2.24) is 5.32 Å². The second kappa shape index (κ2) is 10.3. The Morgan fingerprint density at radius 1 is 0.968 bits per heavy atom. The van der Waals surface area contributed by atoms with Gasteiger partial charge in [0.25, 0.3) is 5.91 Å². The van der Waals surface area contributed by atoms with Gasteiger partial charge in [0.1, 0.15) is 18.1 Å². The van der Waals surface area contributed by atoms with Crippen LogP contribution in [0.25, 0.3) is 0 Å². The molecule has 0 bridgehead atoms. The zero-order valence-corrected chi connectivity index (χ0v) is 18.4. The van der Waals surface area contributed by atoms with Gasteiger partial charge in [0.15, 0.2) is 5.76 Å². The van der Waals surface area contributed by atoms with Gasteiger partial charge in [-0.3, -0.25) is 9.59 Å². The molecule has 3 aromatic rings. The predicted molar refractivity (Wildman–Crippen MR) is 120 cm³/mol. The normalized spacial score (nSPS) is 11.2. The van der Waals surface area contributed by atoms with Gasteiger partial charge in [-0.2, -0.15) is 0 Å². The van der Waals surface area contributed by atoms with Gasteiger partial charge < -0.3 is 14.5 Å². The molecule has 1 amide bonds. The van der Waals surface area contributed by atoms with Crippen molar-refractivity contribution in [3.63, 3.8) is 0 Å². The second-order valence-corrected chi connectivity index (χ2v) is 8.21. The number of nitrogens with one attached hydrogen (secondary N) is 1. The summed E-state index contributed by atoms with van der Waals surface area (Å²) in [5.41, 5.74) is 2.33. The van der Waals surface area contributed by atoms with Gasteiger partial charge in [-0.1, -0.05) is 56.3 Å². The fraction of sp³-hybridized carbons (Fsp3) is 0.280. The number of halogens is 1. The molecule has 0 radical (unpaired) electrons. The average Bonchev–Trinajstić information content (AvgIpc) is 3.25. The molecule has 0 aliphatic rings. The van der Waals surface area contributed by atoms with E-state index in [1.807, 2.05) is 30.3 Å². The number of rotatable bonds is 10. The van der Waals surface area contributed by atoms with Crippen LogP contribution < -0.4 is 10.1 Å². The van der Waals surface area contributed by atoms with Crippen LogP contribution in [0.1, 0.15) is 54.1 Å². The topological polar surface area (TPSA) is 68.5 Å². The molecular formula is C25H26ClNO4. The average molecular weight is 440 g/mol. The summed E-state index contributed by atoms with van der Waals surface area (Å²) in [7, 11) is 0. The fourth-order valence-electron chi connectivity index (χ4n) is 3.24. The third-order valence-electron chi connectivity index (χ3n) is 5.17. The summed E-state index contributed by atoms with van der Waals surface area (Å²) in [5, 5.41) is 2.28. The maximum Gasteiger partial charge on any atom is 0.286 e. The summed E-state index contributed by atoms with van der Waals surface area (Å²) < 4.78 is 11.4. The zero-order chi connectivity index (χ0) is 22.3. The first-order chi connectivity index (χ1) is 14.9. The highest BCUT2D eigenvalue weighted by Gasteiger charge is 2.22. The van der Waals surface area contributed by atoms with E-state index in [1.54, 1.807) is 12.1 Å². The molecule has 0 saturated heterocycles. The Hall–Kier alpha value is -3.05. The van der Waals surface area contributed by atoms with E-state index in [4.69, 9.17) is 20.8 Å². The number of hydrogen-bond acceptors (Lipinski definition) is 4. The summed E-state index contributed by atoms with van der Waals surface area (Å²) in [6.45, 7) is 4.97. The molecule has 1 N–H and O–H groups in total. The number of carbonyl (C=O) groups is 2. The number of carbonyl (C=O) groups excluding carboxylic acids is 2. The summed E-state index contributed by atoms with van der Waals surface area (Å²) in [4.78, 5) is 22.8. The maximum absolute atomic E-state index is 12.1. The largest absolute Gasteiger partial charge is 0.486 e. The van der Waals surface area contributed by atoms with Gasteiger partial charge in [0.2, 0.25) is 5.24 Å². The van der Waals surface area contributed by atoms with Gasteiger partial charge in [-0.05, 0) is 53.4 Å². The molecule has 0 saturated carbocycles. The molecule has 1 aromatic heterocycles. The lowest BCUT2D eigenvalue weighted by Crippen LogP contribution is -2.24. The molecule has 5 nitrogen and oxygen atoms in total. The van der Waals surface area contributed by atoms with Crippen molar-refractivity contribution >= 4 is 22.8 Å². The Morgan fingerprint density at radius 2 is 1.65 bits per heavy atom. The van der Waals surface area contributed by atoms with Gasteiger partial charge in [0.05, 0.1) is 0 Å². The molecule has 162 valence electrons. The molecule has 0 aliphatic carbocycles. The van der Waals surface area contributed by atoms with Crippen molar-refractivity contribution in [2.75, 3.05) is 6.54 Å². The monoisotopic (exact) mass is 439 g/mol. The smallest absolute Gasteiger partial charge is 0.286 e. The van der Waals surface area contributed by atoms with Crippen LogP contribution in [-0.2, 0) is 16.8 Å². The Bertz CT molecular complexity index is 1010. The molecule has 0 unspecified atom stereocenters. The highest BCUT2D eigenvalue weighted by molar-refractivity contribution is 6.63. The summed E-state index contributed by atoms with van der Waals surface area (Å²) >= 11 is 5.27. The van der Waals surface area contributed by atoms with E-state index < -0.39 is 5.24 Å². The molecule has 2 aromatic carbocycles. The number of benzene rings is 2. The number of ether oxygens (including phenoxy) is 1.